The van der Waals surface area contributed by atoms with Crippen LogP contribution in [0.1, 0.15) is 23.7 Å². The van der Waals surface area contributed by atoms with Crippen molar-refractivity contribution in [3.05, 3.63) is 29.0 Å². The zero-order valence-electron chi connectivity index (χ0n) is 7.94. The SMILES string of the molecule is [NH-][C@@H]1CCc2c(ccc(O)c2O)[C@H]1O.[Re]. The number of nitrogens with one attached hydrogen (secondary N) is 1. The molecule has 0 bridgehead atoms. The number of hydrogen-bond donors (Lipinski definition) is 3. The summed E-state index contributed by atoms with van der Waals surface area (Å²) in [5.74, 6) is -0.326. The monoisotopic (exact) mass is 381 g/mol. The molecule has 15 heavy (non-hydrogen) atoms. The van der Waals surface area contributed by atoms with Crippen LogP contribution >= 0.6 is 0 Å². The summed E-state index contributed by atoms with van der Waals surface area (Å²) in [6, 6.07) is 2.37. The van der Waals surface area contributed by atoms with E-state index in [0.29, 0.717) is 24.0 Å². The predicted octanol–water partition coefficient (Wildman–Crippen LogP) is 1.50. The zero-order chi connectivity index (χ0) is 10.3. The van der Waals surface area contributed by atoms with E-state index in [9.17, 15) is 15.3 Å². The molecule has 83 valence electrons. The third-order valence-corrected chi connectivity index (χ3v) is 2.70. The van der Waals surface area contributed by atoms with Gasteiger partial charge in [0.05, 0.1) is 6.10 Å². The van der Waals surface area contributed by atoms with Crippen LogP contribution in [0.15, 0.2) is 12.1 Å². The number of hydrogen-bond acceptors (Lipinski definition) is 3. The van der Waals surface area contributed by atoms with Crippen LogP contribution in [-0.4, -0.2) is 21.4 Å². The van der Waals surface area contributed by atoms with Crippen LogP contribution in [0.5, 0.6) is 11.5 Å². The Hall–Kier alpha value is -0.598. The van der Waals surface area contributed by atoms with Gasteiger partial charge in [-0.15, -0.1) is 6.04 Å². The zero-order valence-corrected chi connectivity index (χ0v) is 10.7. The summed E-state index contributed by atoms with van der Waals surface area (Å²) >= 11 is 0. The van der Waals surface area contributed by atoms with Crippen molar-refractivity contribution in [1.29, 1.82) is 0 Å². The molecule has 0 amide bonds. The average molecular weight is 380 g/mol. The second-order valence-corrected chi connectivity index (χ2v) is 3.59. The Morgan fingerprint density at radius 2 is 1.93 bits per heavy atom. The Morgan fingerprint density at radius 3 is 2.60 bits per heavy atom. The fourth-order valence-electron chi connectivity index (χ4n) is 1.85. The molecule has 0 unspecified atom stereocenters. The molecule has 2 rings (SSSR count). The quantitative estimate of drug-likeness (QED) is 0.597. The predicted molar refractivity (Wildman–Crippen MR) is 51.2 cm³/mol. The number of aromatic hydroxyl groups is 2. The summed E-state index contributed by atoms with van der Waals surface area (Å²) in [4.78, 5) is 0. The standard InChI is InChI=1S/C10H12NO3.Re/c11-7-3-1-6-5(9(7)13)2-4-8(12)10(6)14;/h2,4,7,9,11-14H,1,3H2;/q-1;/t7-,9-;/m1./s1. The summed E-state index contributed by atoms with van der Waals surface area (Å²) in [5, 5.41) is 28.4. The first-order valence-corrected chi connectivity index (χ1v) is 4.54. The maximum Gasteiger partial charge on any atom is 0.161 e. The van der Waals surface area contributed by atoms with Crippen LogP contribution in [-0.2, 0) is 26.8 Å². The first-order chi connectivity index (χ1) is 6.61. The minimum atomic E-state index is -0.856. The Labute approximate surface area is 101 Å². The molecular weight excluding hydrogens is 368 g/mol. The molecule has 0 spiro atoms. The number of fused-ring (bicyclic) bond motifs is 1. The second-order valence-electron chi connectivity index (χ2n) is 3.59. The van der Waals surface area contributed by atoms with E-state index >= 15 is 0 Å². The minimum Gasteiger partial charge on any atom is -0.672 e. The van der Waals surface area contributed by atoms with Gasteiger partial charge in [0.1, 0.15) is 0 Å². The summed E-state index contributed by atoms with van der Waals surface area (Å²) in [6.45, 7) is 0. The molecule has 1 radical (unpaired) electrons. The smallest absolute Gasteiger partial charge is 0.161 e. The number of aliphatic hydroxyl groups is 1. The number of phenolic OH excluding ortho intramolecular Hbond substituents is 2. The normalized spacial score (nSPS) is 24.1. The van der Waals surface area contributed by atoms with Gasteiger partial charge in [0.15, 0.2) is 11.5 Å². The molecule has 1 aromatic rings. The maximum atomic E-state index is 9.66. The van der Waals surface area contributed by atoms with Gasteiger partial charge in [-0.05, 0) is 18.1 Å². The second kappa shape index (κ2) is 4.50. The fraction of sp³-hybridized carbons (Fsp3) is 0.400. The molecule has 4 N–H and O–H groups in total. The van der Waals surface area contributed by atoms with Gasteiger partial charge in [0.25, 0.3) is 0 Å². The van der Waals surface area contributed by atoms with Crippen LogP contribution < -0.4 is 0 Å². The van der Waals surface area contributed by atoms with Gasteiger partial charge in [0.2, 0.25) is 0 Å². The molecule has 1 aliphatic carbocycles. The van der Waals surface area contributed by atoms with Crippen molar-refractivity contribution in [2.45, 2.75) is 25.0 Å². The van der Waals surface area contributed by atoms with Crippen molar-refractivity contribution in [2.24, 2.45) is 0 Å². The van der Waals surface area contributed by atoms with E-state index in [1.165, 1.54) is 6.07 Å². The average Bonchev–Trinajstić information content (AvgIpc) is 2.17. The molecule has 0 saturated heterocycles. The Balaban J connectivity index is 0.00000112. The Bertz CT molecular complexity index is 370. The van der Waals surface area contributed by atoms with E-state index in [1.807, 2.05) is 0 Å². The Kier molecular flexibility index (Phi) is 3.74. The number of aliphatic hydroxyl groups excluding tert-OH is 1. The molecule has 1 aromatic carbocycles. The van der Waals surface area contributed by atoms with Crippen molar-refractivity contribution in [1.82, 2.24) is 0 Å². The first-order valence-electron chi connectivity index (χ1n) is 4.54. The third kappa shape index (κ3) is 2.02. The molecule has 0 saturated carbocycles. The molecule has 4 nitrogen and oxygen atoms in total. The van der Waals surface area contributed by atoms with Crippen LogP contribution in [0.4, 0.5) is 0 Å². The van der Waals surface area contributed by atoms with E-state index in [4.69, 9.17) is 5.73 Å². The van der Waals surface area contributed by atoms with Gasteiger partial charge in [0, 0.05) is 26.0 Å². The molecule has 0 aliphatic heterocycles. The summed E-state index contributed by atoms with van der Waals surface area (Å²) in [5.41, 5.74) is 8.67. The number of benzene rings is 1. The van der Waals surface area contributed by atoms with Crippen LogP contribution in [0, 0.1) is 0 Å². The van der Waals surface area contributed by atoms with E-state index in [1.54, 1.807) is 6.07 Å². The van der Waals surface area contributed by atoms with Crippen LogP contribution in [0.2, 0.25) is 0 Å². The first kappa shape index (κ1) is 12.5. The summed E-state index contributed by atoms with van der Waals surface area (Å²) < 4.78 is 0. The van der Waals surface area contributed by atoms with Gasteiger partial charge < -0.3 is 21.1 Å². The van der Waals surface area contributed by atoms with E-state index in [0.717, 1.165) is 0 Å². The van der Waals surface area contributed by atoms with Crippen molar-refractivity contribution >= 4 is 0 Å². The van der Waals surface area contributed by atoms with E-state index in [2.05, 4.69) is 0 Å². The molecule has 2 atom stereocenters. The molecule has 0 aromatic heterocycles. The molecule has 5 heteroatoms. The van der Waals surface area contributed by atoms with Crippen LogP contribution in [0.3, 0.4) is 0 Å². The van der Waals surface area contributed by atoms with Crippen molar-refractivity contribution in [3.63, 3.8) is 0 Å². The van der Waals surface area contributed by atoms with Gasteiger partial charge in [-0.1, -0.05) is 12.5 Å². The summed E-state index contributed by atoms with van der Waals surface area (Å²) in [6.07, 6.45) is 0.177. The van der Waals surface area contributed by atoms with Crippen molar-refractivity contribution in [3.8, 4) is 11.5 Å². The van der Waals surface area contributed by atoms with Gasteiger partial charge in [-0.3, -0.25) is 0 Å². The van der Waals surface area contributed by atoms with Gasteiger partial charge in [-0.25, -0.2) is 0 Å². The minimum absolute atomic E-state index is 0. The van der Waals surface area contributed by atoms with Gasteiger partial charge >= 0.3 is 0 Å². The molecule has 1 aliphatic rings. The summed E-state index contributed by atoms with van der Waals surface area (Å²) in [7, 11) is 0. The fourth-order valence-corrected chi connectivity index (χ4v) is 1.85. The molecule has 0 fully saturated rings. The largest absolute Gasteiger partial charge is 0.672 e. The number of rotatable bonds is 0. The molecular formula is C10H12NO3Re-. The Morgan fingerprint density at radius 1 is 1.27 bits per heavy atom. The topological polar surface area (TPSA) is 84.5 Å². The van der Waals surface area contributed by atoms with Gasteiger partial charge in [-0.2, -0.15) is 0 Å². The third-order valence-electron chi connectivity index (χ3n) is 2.70. The van der Waals surface area contributed by atoms with E-state index in [-0.39, 0.29) is 31.9 Å². The maximum absolute atomic E-state index is 9.66. The molecule has 0 heterocycles. The van der Waals surface area contributed by atoms with Crippen LogP contribution in [0.25, 0.3) is 5.73 Å². The van der Waals surface area contributed by atoms with Crippen molar-refractivity contribution in [2.75, 3.05) is 0 Å². The number of phenols is 2. The van der Waals surface area contributed by atoms with Crippen molar-refractivity contribution < 1.29 is 35.7 Å². The van der Waals surface area contributed by atoms with E-state index < -0.39 is 12.1 Å².